The number of carboxylic acids is 1. The molecule has 31 heavy (non-hydrogen) atoms. The van der Waals surface area contributed by atoms with E-state index in [4.69, 9.17) is 0 Å². The Morgan fingerprint density at radius 3 is 1.97 bits per heavy atom. The maximum absolute atomic E-state index is 13.3. The minimum Gasteiger partial charge on any atom is -0.480 e. The molecule has 3 aromatic carbocycles. The van der Waals surface area contributed by atoms with Crippen LogP contribution in [-0.4, -0.2) is 28.0 Å². The van der Waals surface area contributed by atoms with Gasteiger partial charge in [-0.1, -0.05) is 84.9 Å². The largest absolute Gasteiger partial charge is 0.480 e. The Bertz CT molecular complexity index is 1150. The zero-order valence-electron chi connectivity index (χ0n) is 16.8. The SMILES string of the molecule is O=C(N[C@@H](Cc1ccc2ccccc2n1)C(=O)O)C(c1ccccc1)c1ccccc1. The number of nitrogens with one attached hydrogen (secondary N) is 1. The van der Waals surface area contributed by atoms with Crippen LogP contribution in [0.5, 0.6) is 0 Å². The zero-order valence-corrected chi connectivity index (χ0v) is 16.8. The molecule has 0 spiro atoms. The fourth-order valence-corrected chi connectivity index (χ4v) is 3.67. The monoisotopic (exact) mass is 410 g/mol. The lowest BCUT2D eigenvalue weighted by atomic mass is 9.90. The van der Waals surface area contributed by atoms with Crippen LogP contribution in [0.25, 0.3) is 10.9 Å². The third kappa shape index (κ3) is 4.78. The maximum atomic E-state index is 13.3. The Morgan fingerprint density at radius 1 is 0.774 bits per heavy atom. The van der Waals surface area contributed by atoms with Gasteiger partial charge in [-0.2, -0.15) is 0 Å². The van der Waals surface area contributed by atoms with Crippen molar-refractivity contribution in [3.05, 3.63) is 114 Å². The number of fused-ring (bicyclic) bond motifs is 1. The van der Waals surface area contributed by atoms with E-state index in [9.17, 15) is 14.7 Å². The molecule has 0 bridgehead atoms. The van der Waals surface area contributed by atoms with Crippen molar-refractivity contribution in [2.75, 3.05) is 0 Å². The second-order valence-electron chi connectivity index (χ2n) is 7.35. The molecule has 2 N–H and O–H groups in total. The lowest BCUT2D eigenvalue weighted by Crippen LogP contribution is -2.44. The topological polar surface area (TPSA) is 79.3 Å². The summed E-state index contributed by atoms with van der Waals surface area (Å²) in [5, 5.41) is 13.5. The number of amides is 1. The first-order valence-corrected chi connectivity index (χ1v) is 10.1. The van der Waals surface area contributed by atoms with E-state index in [-0.39, 0.29) is 12.3 Å². The summed E-state index contributed by atoms with van der Waals surface area (Å²) in [7, 11) is 0. The number of aliphatic carboxylic acids is 1. The van der Waals surface area contributed by atoms with E-state index in [0.717, 1.165) is 22.0 Å². The van der Waals surface area contributed by atoms with E-state index in [1.54, 1.807) is 6.07 Å². The number of para-hydroxylation sites is 1. The minimum atomic E-state index is -1.09. The molecule has 1 heterocycles. The highest BCUT2D eigenvalue weighted by molar-refractivity contribution is 5.90. The number of rotatable bonds is 7. The van der Waals surface area contributed by atoms with E-state index in [1.165, 1.54) is 0 Å². The number of hydrogen-bond acceptors (Lipinski definition) is 3. The van der Waals surface area contributed by atoms with Crippen LogP contribution in [-0.2, 0) is 16.0 Å². The molecule has 0 saturated heterocycles. The summed E-state index contributed by atoms with van der Waals surface area (Å²) in [5.74, 6) is -2.05. The molecule has 0 aliphatic heterocycles. The first-order valence-electron chi connectivity index (χ1n) is 10.1. The standard InChI is InChI=1S/C26H22N2O3/c29-25(24(19-10-3-1-4-11-19)20-12-5-2-6-13-20)28-23(26(30)31)17-21-16-15-18-9-7-8-14-22(18)27-21/h1-16,23-24H,17H2,(H,28,29)(H,30,31)/t23-/m0/s1. The Kier molecular flexibility index (Phi) is 6.03. The Morgan fingerprint density at radius 2 is 1.35 bits per heavy atom. The summed E-state index contributed by atoms with van der Waals surface area (Å²) in [4.78, 5) is 29.8. The van der Waals surface area contributed by atoms with Gasteiger partial charge >= 0.3 is 5.97 Å². The molecule has 0 radical (unpaired) electrons. The number of benzene rings is 3. The van der Waals surface area contributed by atoms with Crippen molar-refractivity contribution in [2.45, 2.75) is 18.4 Å². The van der Waals surface area contributed by atoms with Gasteiger partial charge in [0, 0.05) is 17.5 Å². The molecule has 1 amide bonds. The molecule has 0 aliphatic rings. The van der Waals surface area contributed by atoms with Gasteiger partial charge in [0.15, 0.2) is 0 Å². The van der Waals surface area contributed by atoms with Crippen LogP contribution < -0.4 is 5.32 Å². The van der Waals surface area contributed by atoms with Crippen molar-refractivity contribution in [3.8, 4) is 0 Å². The number of carbonyl (C=O) groups excluding carboxylic acids is 1. The molecule has 5 nitrogen and oxygen atoms in total. The number of carbonyl (C=O) groups is 2. The minimum absolute atomic E-state index is 0.0994. The highest BCUT2D eigenvalue weighted by Crippen LogP contribution is 2.25. The fraction of sp³-hybridized carbons (Fsp3) is 0.115. The highest BCUT2D eigenvalue weighted by Gasteiger charge is 2.28. The second kappa shape index (κ2) is 9.22. The average Bonchev–Trinajstić information content (AvgIpc) is 2.80. The van der Waals surface area contributed by atoms with Gasteiger partial charge in [0.1, 0.15) is 6.04 Å². The normalized spacial score (nSPS) is 11.9. The van der Waals surface area contributed by atoms with Crippen LogP contribution in [0.3, 0.4) is 0 Å². The predicted octanol–water partition coefficient (Wildman–Crippen LogP) is 4.18. The van der Waals surface area contributed by atoms with Gasteiger partial charge in [-0.15, -0.1) is 0 Å². The van der Waals surface area contributed by atoms with Crippen molar-refractivity contribution >= 4 is 22.8 Å². The van der Waals surface area contributed by atoms with Crippen LogP contribution in [0, 0.1) is 0 Å². The molecule has 5 heteroatoms. The summed E-state index contributed by atoms with van der Waals surface area (Å²) in [6.07, 6.45) is 0.0994. The van der Waals surface area contributed by atoms with Gasteiger partial charge in [0.2, 0.25) is 5.91 Å². The quantitative estimate of drug-likeness (QED) is 0.479. The Hall–Kier alpha value is -3.99. The molecule has 1 aromatic heterocycles. The zero-order chi connectivity index (χ0) is 21.6. The number of aromatic nitrogens is 1. The molecule has 154 valence electrons. The van der Waals surface area contributed by atoms with Gasteiger partial charge in [-0.3, -0.25) is 9.78 Å². The van der Waals surface area contributed by atoms with Crippen LogP contribution in [0.2, 0.25) is 0 Å². The van der Waals surface area contributed by atoms with Crippen LogP contribution in [0.4, 0.5) is 0 Å². The van der Waals surface area contributed by atoms with E-state index < -0.39 is 17.9 Å². The molecule has 4 rings (SSSR count). The smallest absolute Gasteiger partial charge is 0.326 e. The molecular formula is C26H22N2O3. The number of nitrogens with zero attached hydrogens (tertiary/aromatic N) is 1. The molecule has 1 atom stereocenters. The Labute approximate surface area is 180 Å². The lowest BCUT2D eigenvalue weighted by Gasteiger charge is -2.21. The highest BCUT2D eigenvalue weighted by atomic mass is 16.4. The molecule has 0 fully saturated rings. The summed E-state index contributed by atoms with van der Waals surface area (Å²) in [6.45, 7) is 0. The molecule has 0 aliphatic carbocycles. The van der Waals surface area contributed by atoms with Crippen molar-refractivity contribution < 1.29 is 14.7 Å². The average molecular weight is 410 g/mol. The van der Waals surface area contributed by atoms with Gasteiger partial charge in [0.05, 0.1) is 11.4 Å². The number of carboxylic acid groups (broad SMARTS) is 1. The van der Waals surface area contributed by atoms with E-state index in [1.807, 2.05) is 91.0 Å². The molecule has 4 aromatic rings. The third-order valence-corrected chi connectivity index (χ3v) is 5.21. The summed E-state index contributed by atoms with van der Waals surface area (Å²) < 4.78 is 0. The molecule has 0 saturated carbocycles. The van der Waals surface area contributed by atoms with Gasteiger partial charge in [-0.05, 0) is 23.3 Å². The van der Waals surface area contributed by atoms with Gasteiger partial charge in [-0.25, -0.2) is 4.79 Å². The van der Waals surface area contributed by atoms with Crippen molar-refractivity contribution in [1.82, 2.24) is 10.3 Å². The first-order chi connectivity index (χ1) is 15.1. The van der Waals surface area contributed by atoms with Crippen LogP contribution >= 0.6 is 0 Å². The van der Waals surface area contributed by atoms with E-state index in [2.05, 4.69) is 10.3 Å². The van der Waals surface area contributed by atoms with Gasteiger partial charge in [0.25, 0.3) is 0 Å². The third-order valence-electron chi connectivity index (χ3n) is 5.21. The predicted molar refractivity (Wildman–Crippen MR) is 120 cm³/mol. The van der Waals surface area contributed by atoms with Crippen molar-refractivity contribution in [3.63, 3.8) is 0 Å². The van der Waals surface area contributed by atoms with Crippen LogP contribution in [0.15, 0.2) is 97.1 Å². The second-order valence-corrected chi connectivity index (χ2v) is 7.35. The summed E-state index contributed by atoms with van der Waals surface area (Å²) in [5.41, 5.74) is 3.02. The number of hydrogen-bond donors (Lipinski definition) is 2. The van der Waals surface area contributed by atoms with E-state index in [0.29, 0.717) is 5.69 Å². The lowest BCUT2D eigenvalue weighted by molar-refractivity contribution is -0.141. The van der Waals surface area contributed by atoms with Crippen LogP contribution in [0.1, 0.15) is 22.7 Å². The fourth-order valence-electron chi connectivity index (χ4n) is 3.67. The molecule has 0 unspecified atom stereocenters. The Balaban J connectivity index is 1.59. The van der Waals surface area contributed by atoms with E-state index >= 15 is 0 Å². The molecular weight excluding hydrogens is 388 g/mol. The van der Waals surface area contributed by atoms with Gasteiger partial charge < -0.3 is 10.4 Å². The van der Waals surface area contributed by atoms with Crippen molar-refractivity contribution in [2.24, 2.45) is 0 Å². The number of pyridine rings is 1. The summed E-state index contributed by atoms with van der Waals surface area (Å²) >= 11 is 0. The maximum Gasteiger partial charge on any atom is 0.326 e. The first kappa shape index (κ1) is 20.3. The summed E-state index contributed by atoms with van der Waals surface area (Å²) in [6, 6.07) is 29.0. The van der Waals surface area contributed by atoms with Crippen molar-refractivity contribution in [1.29, 1.82) is 0 Å².